The average molecular weight is 396 g/mol. The molecule has 2 nitrogen and oxygen atoms in total. The lowest BCUT2D eigenvalue weighted by molar-refractivity contribution is -0.132. The molecule has 1 unspecified atom stereocenters. The van der Waals surface area contributed by atoms with Gasteiger partial charge in [-0.15, -0.1) is 0 Å². The largest absolute Gasteiger partial charge is 0.342 e. The molecule has 0 saturated carbocycles. The molecule has 0 spiro atoms. The molecule has 0 aromatic heterocycles. The van der Waals surface area contributed by atoms with Crippen LogP contribution in [0.1, 0.15) is 143 Å². The van der Waals surface area contributed by atoms with Gasteiger partial charge >= 0.3 is 0 Å². The standard InChI is InChI=1S/C26H53NO/c1-5-9-13-15-16-18-22-26(28)27(23-19-11-7-3)24-25(20-12-8-4)21-17-14-10-6-2/h25H,5-24H2,1-4H3. The molecule has 168 valence electrons. The Morgan fingerprint density at radius 3 is 1.75 bits per heavy atom. The van der Waals surface area contributed by atoms with Gasteiger partial charge in [0.05, 0.1) is 0 Å². The van der Waals surface area contributed by atoms with Gasteiger partial charge < -0.3 is 4.90 Å². The van der Waals surface area contributed by atoms with Gasteiger partial charge in [-0.3, -0.25) is 4.79 Å². The van der Waals surface area contributed by atoms with E-state index in [1.165, 1.54) is 103 Å². The van der Waals surface area contributed by atoms with Crippen LogP contribution in [0.4, 0.5) is 0 Å². The lowest BCUT2D eigenvalue weighted by Gasteiger charge is -2.28. The molecule has 0 aromatic carbocycles. The number of nitrogens with zero attached hydrogens (tertiary/aromatic N) is 1. The first-order chi connectivity index (χ1) is 13.7. The van der Waals surface area contributed by atoms with Crippen LogP contribution in [0.5, 0.6) is 0 Å². The van der Waals surface area contributed by atoms with Gasteiger partial charge in [0.15, 0.2) is 0 Å². The van der Waals surface area contributed by atoms with Crippen LogP contribution in [0.2, 0.25) is 0 Å². The minimum atomic E-state index is 0.432. The Balaban J connectivity index is 4.51. The molecule has 0 fully saturated rings. The second-order valence-corrected chi connectivity index (χ2v) is 8.92. The van der Waals surface area contributed by atoms with E-state index in [0.717, 1.165) is 25.9 Å². The third kappa shape index (κ3) is 16.4. The van der Waals surface area contributed by atoms with Crippen LogP contribution < -0.4 is 0 Å². The maximum absolute atomic E-state index is 12.9. The highest BCUT2D eigenvalue weighted by atomic mass is 16.2. The van der Waals surface area contributed by atoms with Gasteiger partial charge in [-0.05, 0) is 31.6 Å². The zero-order valence-corrected chi connectivity index (χ0v) is 20.1. The van der Waals surface area contributed by atoms with Crippen LogP contribution in [-0.2, 0) is 4.79 Å². The van der Waals surface area contributed by atoms with E-state index < -0.39 is 0 Å². The van der Waals surface area contributed by atoms with Crippen molar-refractivity contribution in [3.8, 4) is 0 Å². The van der Waals surface area contributed by atoms with Crippen LogP contribution >= 0.6 is 0 Å². The Labute approximate surface area is 178 Å². The van der Waals surface area contributed by atoms with E-state index in [2.05, 4.69) is 32.6 Å². The fourth-order valence-electron chi connectivity index (χ4n) is 4.08. The van der Waals surface area contributed by atoms with E-state index in [0.29, 0.717) is 11.8 Å². The predicted octanol–water partition coefficient (Wildman–Crippen LogP) is 8.53. The highest BCUT2D eigenvalue weighted by Gasteiger charge is 2.18. The molecule has 0 N–H and O–H groups in total. The molecule has 0 saturated heterocycles. The van der Waals surface area contributed by atoms with E-state index in [1.807, 2.05) is 0 Å². The quantitative estimate of drug-likeness (QED) is 0.178. The molecule has 0 aliphatic carbocycles. The van der Waals surface area contributed by atoms with Gasteiger partial charge in [0.25, 0.3) is 0 Å². The van der Waals surface area contributed by atoms with Gasteiger partial charge in [0.2, 0.25) is 5.91 Å². The summed E-state index contributed by atoms with van der Waals surface area (Å²) in [6.45, 7) is 11.1. The number of amides is 1. The monoisotopic (exact) mass is 395 g/mol. The van der Waals surface area contributed by atoms with Crippen LogP contribution in [-0.4, -0.2) is 23.9 Å². The van der Waals surface area contributed by atoms with Crippen molar-refractivity contribution < 1.29 is 4.79 Å². The lowest BCUT2D eigenvalue weighted by atomic mass is 9.94. The van der Waals surface area contributed by atoms with Crippen molar-refractivity contribution >= 4 is 5.91 Å². The average Bonchev–Trinajstić information content (AvgIpc) is 2.70. The summed E-state index contributed by atoms with van der Waals surface area (Å²) in [6.07, 6.45) is 22.6. The molecule has 0 radical (unpaired) electrons. The second-order valence-electron chi connectivity index (χ2n) is 8.92. The van der Waals surface area contributed by atoms with E-state index in [4.69, 9.17) is 0 Å². The van der Waals surface area contributed by atoms with E-state index in [1.54, 1.807) is 0 Å². The van der Waals surface area contributed by atoms with Crippen molar-refractivity contribution in [2.24, 2.45) is 5.92 Å². The number of carbonyl (C=O) groups excluding carboxylic acids is 1. The summed E-state index contributed by atoms with van der Waals surface area (Å²) in [5.41, 5.74) is 0. The Morgan fingerprint density at radius 2 is 1.11 bits per heavy atom. The summed E-state index contributed by atoms with van der Waals surface area (Å²) in [4.78, 5) is 15.2. The number of unbranched alkanes of at least 4 members (excludes halogenated alkanes) is 11. The van der Waals surface area contributed by atoms with Crippen molar-refractivity contribution in [2.75, 3.05) is 13.1 Å². The van der Waals surface area contributed by atoms with Gasteiger partial charge in [-0.1, -0.05) is 111 Å². The molecule has 0 aliphatic rings. The summed E-state index contributed by atoms with van der Waals surface area (Å²) >= 11 is 0. The Bertz CT molecular complexity index is 328. The summed E-state index contributed by atoms with van der Waals surface area (Å²) in [6, 6.07) is 0. The molecule has 28 heavy (non-hydrogen) atoms. The second kappa shape index (κ2) is 21.2. The highest BCUT2D eigenvalue weighted by molar-refractivity contribution is 5.76. The molecule has 1 atom stereocenters. The lowest BCUT2D eigenvalue weighted by Crippen LogP contribution is -2.36. The minimum absolute atomic E-state index is 0.432. The van der Waals surface area contributed by atoms with Crippen LogP contribution in [0.25, 0.3) is 0 Å². The molecule has 2 heteroatoms. The molecular formula is C26H53NO. The summed E-state index contributed by atoms with van der Waals surface area (Å²) in [7, 11) is 0. The van der Waals surface area contributed by atoms with Crippen molar-refractivity contribution in [1.29, 1.82) is 0 Å². The maximum Gasteiger partial charge on any atom is 0.222 e. The summed E-state index contributed by atoms with van der Waals surface area (Å²) in [5.74, 6) is 1.15. The van der Waals surface area contributed by atoms with Crippen LogP contribution in [0.3, 0.4) is 0 Å². The first kappa shape index (κ1) is 27.5. The van der Waals surface area contributed by atoms with Crippen LogP contribution in [0, 0.1) is 5.92 Å². The normalized spacial score (nSPS) is 12.3. The molecule has 1 amide bonds. The molecular weight excluding hydrogens is 342 g/mol. The topological polar surface area (TPSA) is 20.3 Å². The SMILES string of the molecule is CCCCCCCCC(=O)N(CCCCC)CC(CCCC)CCCCCC. The third-order valence-electron chi connectivity index (χ3n) is 6.04. The fraction of sp³-hybridized carbons (Fsp3) is 0.962. The fourth-order valence-corrected chi connectivity index (χ4v) is 4.08. The maximum atomic E-state index is 12.9. The molecule has 0 heterocycles. The smallest absolute Gasteiger partial charge is 0.222 e. The van der Waals surface area contributed by atoms with Crippen molar-refractivity contribution in [3.05, 3.63) is 0 Å². The van der Waals surface area contributed by atoms with Crippen molar-refractivity contribution in [3.63, 3.8) is 0 Å². The first-order valence-corrected chi connectivity index (χ1v) is 13.0. The Morgan fingerprint density at radius 1 is 0.607 bits per heavy atom. The summed E-state index contributed by atoms with van der Waals surface area (Å²) in [5, 5.41) is 0. The minimum Gasteiger partial charge on any atom is -0.342 e. The predicted molar refractivity (Wildman–Crippen MR) is 126 cm³/mol. The first-order valence-electron chi connectivity index (χ1n) is 13.0. The number of hydrogen-bond donors (Lipinski definition) is 0. The number of rotatable bonds is 21. The molecule has 0 aliphatic heterocycles. The molecule has 0 bridgehead atoms. The highest BCUT2D eigenvalue weighted by Crippen LogP contribution is 2.20. The Kier molecular flexibility index (Phi) is 20.8. The zero-order chi connectivity index (χ0) is 20.9. The van der Waals surface area contributed by atoms with Crippen LogP contribution in [0.15, 0.2) is 0 Å². The summed E-state index contributed by atoms with van der Waals surface area (Å²) < 4.78 is 0. The Hall–Kier alpha value is -0.530. The third-order valence-corrected chi connectivity index (χ3v) is 6.04. The van der Waals surface area contributed by atoms with Gasteiger partial charge in [0, 0.05) is 19.5 Å². The number of hydrogen-bond acceptors (Lipinski definition) is 1. The van der Waals surface area contributed by atoms with Gasteiger partial charge in [0.1, 0.15) is 0 Å². The molecule has 0 rings (SSSR count). The van der Waals surface area contributed by atoms with Crippen molar-refractivity contribution in [2.45, 2.75) is 143 Å². The molecule has 0 aromatic rings. The van der Waals surface area contributed by atoms with Crippen molar-refractivity contribution in [1.82, 2.24) is 4.90 Å². The van der Waals surface area contributed by atoms with E-state index in [9.17, 15) is 4.79 Å². The van der Waals surface area contributed by atoms with E-state index >= 15 is 0 Å². The zero-order valence-electron chi connectivity index (χ0n) is 20.1. The number of carbonyl (C=O) groups is 1. The van der Waals surface area contributed by atoms with Gasteiger partial charge in [-0.2, -0.15) is 0 Å². The van der Waals surface area contributed by atoms with E-state index in [-0.39, 0.29) is 0 Å². The van der Waals surface area contributed by atoms with Gasteiger partial charge in [-0.25, -0.2) is 0 Å².